The quantitative estimate of drug-likeness (QED) is 0.178. The molecule has 0 atom stereocenters. The van der Waals surface area contributed by atoms with E-state index in [9.17, 15) is 0 Å². The smallest absolute Gasteiger partial charge is 0.164 e. The van der Waals surface area contributed by atoms with E-state index in [0.717, 1.165) is 71.7 Å². The van der Waals surface area contributed by atoms with Crippen LogP contribution in [0.15, 0.2) is 180 Å². The summed E-state index contributed by atoms with van der Waals surface area (Å²) in [6.45, 7) is 4.61. The monoisotopic (exact) mass is 717 g/mol. The second kappa shape index (κ2) is 12.4. The van der Waals surface area contributed by atoms with Crippen molar-refractivity contribution in [1.29, 1.82) is 0 Å². The molecule has 1 aliphatic rings. The van der Waals surface area contributed by atoms with Crippen LogP contribution in [0.3, 0.4) is 0 Å². The lowest BCUT2D eigenvalue weighted by atomic mass is 9.82. The summed E-state index contributed by atoms with van der Waals surface area (Å²) < 4.78 is 6.50. The molecule has 4 nitrogen and oxygen atoms in total. The van der Waals surface area contributed by atoms with Gasteiger partial charge in [-0.3, -0.25) is 0 Å². The van der Waals surface area contributed by atoms with E-state index in [-0.39, 0.29) is 5.41 Å². The second-order valence-electron chi connectivity index (χ2n) is 15.2. The summed E-state index contributed by atoms with van der Waals surface area (Å²) in [5, 5.41) is 4.50. The number of nitrogens with zero attached hydrogens (tertiary/aromatic N) is 3. The van der Waals surface area contributed by atoms with E-state index in [1.54, 1.807) is 0 Å². The molecule has 11 rings (SSSR count). The summed E-state index contributed by atoms with van der Waals surface area (Å²) in [6, 6.07) is 61.9. The predicted octanol–water partition coefficient (Wildman–Crippen LogP) is 13.6. The highest BCUT2D eigenvalue weighted by atomic mass is 16.3. The van der Waals surface area contributed by atoms with Crippen LogP contribution in [0.4, 0.5) is 0 Å². The van der Waals surface area contributed by atoms with Crippen LogP contribution in [0.25, 0.3) is 100 Å². The van der Waals surface area contributed by atoms with Crippen LogP contribution in [0.5, 0.6) is 0 Å². The first kappa shape index (κ1) is 32.3. The van der Waals surface area contributed by atoms with Crippen molar-refractivity contribution >= 4 is 32.7 Å². The van der Waals surface area contributed by atoms with Crippen molar-refractivity contribution in [2.75, 3.05) is 0 Å². The van der Waals surface area contributed by atoms with Gasteiger partial charge in [-0.15, -0.1) is 0 Å². The lowest BCUT2D eigenvalue weighted by molar-refractivity contribution is 0.660. The van der Waals surface area contributed by atoms with Crippen molar-refractivity contribution in [3.05, 3.63) is 187 Å². The third-order valence-corrected chi connectivity index (χ3v) is 11.5. The first-order chi connectivity index (χ1) is 27.5. The highest BCUT2D eigenvalue weighted by Gasteiger charge is 2.35. The third-order valence-electron chi connectivity index (χ3n) is 11.5. The molecule has 0 saturated heterocycles. The Balaban J connectivity index is 1.05. The van der Waals surface area contributed by atoms with Gasteiger partial charge in [0, 0.05) is 38.3 Å². The van der Waals surface area contributed by atoms with E-state index in [0.29, 0.717) is 17.5 Å². The fraction of sp³-hybridized carbons (Fsp3) is 0.0577. The van der Waals surface area contributed by atoms with Gasteiger partial charge in [0.2, 0.25) is 0 Å². The topological polar surface area (TPSA) is 51.8 Å². The number of hydrogen-bond acceptors (Lipinski definition) is 4. The number of aromatic nitrogens is 3. The van der Waals surface area contributed by atoms with Gasteiger partial charge in [-0.25, -0.2) is 15.0 Å². The number of furan rings is 1. The summed E-state index contributed by atoms with van der Waals surface area (Å²) in [7, 11) is 0. The standard InChI is InChI=1S/C52H35N3O/c1-52(2)44-20-8-6-17-40(44)43-31-38(27-29-45(43)52)51-54-49(53-50(55-51)37-16-10-15-36(30-37)32-12-4-3-5-13-32)35-24-22-33(23-25-35)39-19-11-14-34-26-28-42-41-18-7-9-21-46(41)56-48(42)47(34)39/h3-31H,1-2H3. The summed E-state index contributed by atoms with van der Waals surface area (Å²) in [5.74, 6) is 1.90. The van der Waals surface area contributed by atoms with E-state index in [1.807, 2.05) is 18.2 Å². The second-order valence-corrected chi connectivity index (χ2v) is 15.2. The third kappa shape index (κ3) is 5.10. The molecule has 2 heterocycles. The van der Waals surface area contributed by atoms with Crippen LogP contribution >= 0.6 is 0 Å². The van der Waals surface area contributed by atoms with Crippen molar-refractivity contribution in [3.8, 4) is 67.5 Å². The average Bonchev–Trinajstić information content (AvgIpc) is 3.75. The Kier molecular flexibility index (Phi) is 7.17. The molecule has 56 heavy (non-hydrogen) atoms. The molecule has 4 heteroatoms. The summed E-state index contributed by atoms with van der Waals surface area (Å²) >= 11 is 0. The van der Waals surface area contributed by atoms with Gasteiger partial charge in [0.05, 0.1) is 0 Å². The molecule has 0 radical (unpaired) electrons. The van der Waals surface area contributed by atoms with Gasteiger partial charge in [-0.1, -0.05) is 166 Å². The highest BCUT2D eigenvalue weighted by Crippen LogP contribution is 2.49. The molecule has 0 saturated carbocycles. The van der Waals surface area contributed by atoms with Crippen molar-refractivity contribution in [2.24, 2.45) is 0 Å². The van der Waals surface area contributed by atoms with Gasteiger partial charge >= 0.3 is 0 Å². The Morgan fingerprint density at radius 3 is 1.84 bits per heavy atom. The molecule has 0 amide bonds. The molecule has 0 N–H and O–H groups in total. The molecule has 0 unspecified atom stereocenters. The summed E-state index contributed by atoms with van der Waals surface area (Å²) in [6.07, 6.45) is 0. The molecule has 0 spiro atoms. The molecule has 10 aromatic rings. The fourth-order valence-electron chi connectivity index (χ4n) is 8.68. The largest absolute Gasteiger partial charge is 0.455 e. The predicted molar refractivity (Wildman–Crippen MR) is 229 cm³/mol. The van der Waals surface area contributed by atoms with E-state index >= 15 is 0 Å². The zero-order valence-corrected chi connectivity index (χ0v) is 31.0. The molecule has 0 aliphatic heterocycles. The lowest BCUT2D eigenvalue weighted by Crippen LogP contribution is -2.14. The van der Waals surface area contributed by atoms with E-state index < -0.39 is 0 Å². The van der Waals surface area contributed by atoms with Crippen molar-refractivity contribution in [2.45, 2.75) is 19.3 Å². The van der Waals surface area contributed by atoms with Crippen LogP contribution in [0.1, 0.15) is 25.0 Å². The van der Waals surface area contributed by atoms with Crippen LogP contribution in [-0.4, -0.2) is 15.0 Å². The number of hydrogen-bond donors (Lipinski definition) is 0. The van der Waals surface area contributed by atoms with Crippen LogP contribution in [0, 0.1) is 0 Å². The minimum atomic E-state index is -0.0836. The van der Waals surface area contributed by atoms with Gasteiger partial charge < -0.3 is 4.42 Å². The number of benzene rings is 8. The molecule has 1 aliphatic carbocycles. The fourth-order valence-corrected chi connectivity index (χ4v) is 8.68. The van der Waals surface area contributed by atoms with Crippen LogP contribution < -0.4 is 0 Å². The maximum atomic E-state index is 6.50. The molecule has 8 aromatic carbocycles. The lowest BCUT2D eigenvalue weighted by Gasteiger charge is -2.21. The Hall–Kier alpha value is -7.17. The molecule has 2 aromatic heterocycles. The Morgan fingerprint density at radius 1 is 0.393 bits per heavy atom. The van der Waals surface area contributed by atoms with Crippen molar-refractivity contribution < 1.29 is 4.42 Å². The Labute approximate surface area is 324 Å². The van der Waals surface area contributed by atoms with Gasteiger partial charge in [0.15, 0.2) is 17.5 Å². The maximum absolute atomic E-state index is 6.50. The molecular formula is C52H35N3O. The van der Waals surface area contributed by atoms with Crippen LogP contribution in [0.2, 0.25) is 0 Å². The zero-order chi connectivity index (χ0) is 37.4. The normalized spacial score (nSPS) is 13.0. The Morgan fingerprint density at radius 2 is 1.00 bits per heavy atom. The first-order valence-electron chi connectivity index (χ1n) is 19.1. The van der Waals surface area contributed by atoms with E-state index in [4.69, 9.17) is 19.4 Å². The van der Waals surface area contributed by atoms with Gasteiger partial charge in [-0.05, 0) is 74.2 Å². The van der Waals surface area contributed by atoms with E-state index in [2.05, 4.69) is 172 Å². The Bertz CT molecular complexity index is 3160. The number of rotatable bonds is 5. The minimum absolute atomic E-state index is 0.0836. The number of para-hydroxylation sites is 1. The minimum Gasteiger partial charge on any atom is -0.455 e. The molecule has 0 fully saturated rings. The molecule has 264 valence electrons. The number of fused-ring (bicyclic) bond motifs is 8. The van der Waals surface area contributed by atoms with Crippen LogP contribution in [-0.2, 0) is 5.41 Å². The van der Waals surface area contributed by atoms with Gasteiger partial charge in [-0.2, -0.15) is 0 Å². The first-order valence-corrected chi connectivity index (χ1v) is 19.1. The van der Waals surface area contributed by atoms with Crippen molar-refractivity contribution in [1.82, 2.24) is 15.0 Å². The van der Waals surface area contributed by atoms with E-state index in [1.165, 1.54) is 22.3 Å². The highest BCUT2D eigenvalue weighted by molar-refractivity contribution is 6.18. The molecular weight excluding hydrogens is 683 g/mol. The van der Waals surface area contributed by atoms with Gasteiger partial charge in [0.25, 0.3) is 0 Å². The summed E-state index contributed by atoms with van der Waals surface area (Å²) in [5.41, 5.74) is 14.2. The van der Waals surface area contributed by atoms with Gasteiger partial charge in [0.1, 0.15) is 11.2 Å². The maximum Gasteiger partial charge on any atom is 0.164 e. The average molecular weight is 718 g/mol. The zero-order valence-electron chi connectivity index (χ0n) is 31.0. The van der Waals surface area contributed by atoms with Crippen molar-refractivity contribution in [3.63, 3.8) is 0 Å². The molecule has 0 bridgehead atoms. The SMILES string of the molecule is CC1(C)c2ccccc2-c2cc(-c3nc(-c4ccc(-c5cccc6ccc7c8ccccc8oc7c56)cc4)nc(-c4cccc(-c5ccccc5)c4)n3)ccc21. The summed E-state index contributed by atoms with van der Waals surface area (Å²) in [4.78, 5) is 15.5.